The highest BCUT2D eigenvalue weighted by Gasteiger charge is 2.09. The van der Waals surface area contributed by atoms with Crippen molar-refractivity contribution in [1.29, 1.82) is 0 Å². The number of hydrogen-bond donors (Lipinski definition) is 2. The topological polar surface area (TPSA) is 47.3 Å². The lowest BCUT2D eigenvalue weighted by molar-refractivity contribution is 0.415. The van der Waals surface area contributed by atoms with E-state index in [4.69, 9.17) is 33.7 Å². The Balaban J connectivity index is 2.64. The van der Waals surface area contributed by atoms with Gasteiger partial charge in [-0.2, -0.15) is 0 Å². The summed E-state index contributed by atoms with van der Waals surface area (Å²) in [6, 6.07) is 3.75. The monoisotopic (exact) mass is 262 g/mol. The van der Waals surface area contributed by atoms with E-state index in [1.165, 1.54) is 0 Å². The Labute approximate surface area is 106 Å². The molecule has 3 nitrogen and oxygen atoms in total. The van der Waals surface area contributed by atoms with Crippen LogP contribution in [-0.4, -0.2) is 26.7 Å². The van der Waals surface area contributed by atoms with Crippen LogP contribution in [0.4, 0.5) is 0 Å². The van der Waals surface area contributed by atoms with Crippen LogP contribution in [0, 0.1) is 0 Å². The number of hydrogen-bond acceptors (Lipinski definition) is 3. The molecule has 0 amide bonds. The molecule has 0 atom stereocenters. The summed E-state index contributed by atoms with van der Waals surface area (Å²) in [7, 11) is 1.57. The van der Waals surface area contributed by atoms with Crippen molar-refractivity contribution in [2.75, 3.05) is 26.7 Å². The van der Waals surface area contributed by atoms with Crippen LogP contribution in [0.25, 0.3) is 0 Å². The molecule has 0 aliphatic heterocycles. The minimum absolute atomic E-state index is 0.473. The van der Waals surface area contributed by atoms with Gasteiger partial charge < -0.3 is 15.8 Å². The predicted molar refractivity (Wildman–Crippen MR) is 68.6 cm³/mol. The first-order valence-electron chi connectivity index (χ1n) is 5.12. The summed E-state index contributed by atoms with van der Waals surface area (Å²) in [6.45, 7) is 2.28. The van der Waals surface area contributed by atoms with E-state index in [1.807, 2.05) is 12.1 Å². The molecule has 0 aliphatic carbocycles. The highest BCUT2D eigenvalue weighted by atomic mass is 35.5. The zero-order valence-corrected chi connectivity index (χ0v) is 10.7. The Morgan fingerprint density at radius 1 is 1.25 bits per heavy atom. The van der Waals surface area contributed by atoms with Gasteiger partial charge >= 0.3 is 0 Å². The molecule has 0 fully saturated rings. The van der Waals surface area contributed by atoms with Gasteiger partial charge in [-0.25, -0.2) is 0 Å². The average molecular weight is 263 g/mol. The molecule has 90 valence electrons. The molecule has 0 saturated heterocycles. The smallest absolute Gasteiger partial charge is 0.138 e. The Morgan fingerprint density at radius 3 is 2.62 bits per heavy atom. The number of nitrogens with two attached hydrogens (primary N) is 1. The van der Waals surface area contributed by atoms with Crippen molar-refractivity contribution in [2.45, 2.75) is 6.42 Å². The van der Waals surface area contributed by atoms with Gasteiger partial charge in [-0.15, -0.1) is 0 Å². The lowest BCUT2D eigenvalue weighted by atomic mass is 10.1. The van der Waals surface area contributed by atoms with E-state index in [0.717, 1.165) is 25.1 Å². The molecule has 0 unspecified atom stereocenters. The number of halogens is 2. The van der Waals surface area contributed by atoms with E-state index in [9.17, 15) is 0 Å². The normalized spacial score (nSPS) is 10.5. The maximum atomic E-state index is 6.13. The maximum Gasteiger partial charge on any atom is 0.138 e. The molecule has 0 spiro atoms. The van der Waals surface area contributed by atoms with E-state index >= 15 is 0 Å². The largest absolute Gasteiger partial charge is 0.495 e. The molecule has 5 heteroatoms. The summed E-state index contributed by atoms with van der Waals surface area (Å²) in [5.41, 5.74) is 6.38. The van der Waals surface area contributed by atoms with Gasteiger partial charge in [0, 0.05) is 13.1 Å². The van der Waals surface area contributed by atoms with Crippen molar-refractivity contribution >= 4 is 23.2 Å². The van der Waals surface area contributed by atoms with E-state index in [1.54, 1.807) is 7.11 Å². The minimum atomic E-state index is 0.473. The molecule has 1 rings (SSSR count). The molecule has 0 heterocycles. The van der Waals surface area contributed by atoms with Crippen LogP contribution < -0.4 is 15.8 Å². The lowest BCUT2D eigenvalue weighted by Gasteiger charge is -2.09. The van der Waals surface area contributed by atoms with Gasteiger partial charge in [-0.05, 0) is 24.6 Å². The molecule has 0 aromatic heterocycles. The predicted octanol–water partition coefficient (Wildman–Crippen LogP) is 2.09. The number of ether oxygens (including phenoxy) is 1. The SMILES string of the molecule is COc1ccc(CCNCCN)c(Cl)c1Cl. The zero-order chi connectivity index (χ0) is 12.0. The Kier molecular flexibility index (Phi) is 5.91. The van der Waals surface area contributed by atoms with Crippen LogP contribution in [-0.2, 0) is 6.42 Å². The highest BCUT2D eigenvalue weighted by molar-refractivity contribution is 6.43. The second-order valence-electron chi connectivity index (χ2n) is 3.34. The zero-order valence-electron chi connectivity index (χ0n) is 9.22. The molecule has 0 bridgehead atoms. The third-order valence-corrected chi connectivity index (χ3v) is 3.14. The van der Waals surface area contributed by atoms with Crippen molar-refractivity contribution < 1.29 is 4.74 Å². The van der Waals surface area contributed by atoms with E-state index in [2.05, 4.69) is 5.32 Å². The first kappa shape index (κ1) is 13.6. The molecule has 1 aromatic rings. The highest BCUT2D eigenvalue weighted by Crippen LogP contribution is 2.34. The second-order valence-corrected chi connectivity index (χ2v) is 4.10. The van der Waals surface area contributed by atoms with Crippen molar-refractivity contribution in [3.63, 3.8) is 0 Å². The summed E-state index contributed by atoms with van der Waals surface area (Å²) in [6.07, 6.45) is 0.822. The summed E-state index contributed by atoms with van der Waals surface area (Å²) >= 11 is 12.2. The van der Waals surface area contributed by atoms with Gasteiger partial charge in [0.1, 0.15) is 10.8 Å². The quantitative estimate of drug-likeness (QED) is 0.772. The maximum absolute atomic E-state index is 6.13. The Morgan fingerprint density at radius 2 is 2.00 bits per heavy atom. The van der Waals surface area contributed by atoms with E-state index in [0.29, 0.717) is 22.3 Å². The standard InChI is InChI=1S/C11H16Cl2N2O/c1-16-9-3-2-8(10(12)11(9)13)4-6-15-7-5-14/h2-3,15H,4-7,14H2,1H3. The van der Waals surface area contributed by atoms with Crippen LogP contribution >= 0.6 is 23.2 Å². The van der Waals surface area contributed by atoms with E-state index < -0.39 is 0 Å². The third kappa shape index (κ3) is 3.52. The Bertz CT molecular complexity index is 345. The minimum Gasteiger partial charge on any atom is -0.495 e. The van der Waals surface area contributed by atoms with Crippen LogP contribution in [0.15, 0.2) is 12.1 Å². The third-order valence-electron chi connectivity index (χ3n) is 2.24. The lowest BCUT2D eigenvalue weighted by Crippen LogP contribution is -2.24. The van der Waals surface area contributed by atoms with Crippen molar-refractivity contribution in [3.8, 4) is 5.75 Å². The average Bonchev–Trinajstić information content (AvgIpc) is 2.30. The number of benzene rings is 1. The molecular weight excluding hydrogens is 247 g/mol. The fourth-order valence-corrected chi connectivity index (χ4v) is 1.88. The van der Waals surface area contributed by atoms with Crippen molar-refractivity contribution in [2.24, 2.45) is 5.73 Å². The van der Waals surface area contributed by atoms with E-state index in [-0.39, 0.29) is 0 Å². The molecule has 0 saturated carbocycles. The number of methoxy groups -OCH3 is 1. The van der Waals surface area contributed by atoms with Gasteiger partial charge in [0.25, 0.3) is 0 Å². The molecule has 16 heavy (non-hydrogen) atoms. The van der Waals surface area contributed by atoms with Gasteiger partial charge in [0.15, 0.2) is 0 Å². The number of rotatable bonds is 6. The molecule has 3 N–H and O–H groups in total. The number of nitrogens with one attached hydrogen (secondary N) is 1. The van der Waals surface area contributed by atoms with Crippen LogP contribution in [0.1, 0.15) is 5.56 Å². The summed E-state index contributed by atoms with van der Waals surface area (Å²) in [4.78, 5) is 0. The summed E-state index contributed by atoms with van der Waals surface area (Å²) < 4.78 is 5.08. The first-order chi connectivity index (χ1) is 7.70. The van der Waals surface area contributed by atoms with Crippen LogP contribution in [0.2, 0.25) is 10.0 Å². The molecule has 0 aliphatic rings. The van der Waals surface area contributed by atoms with Crippen molar-refractivity contribution in [1.82, 2.24) is 5.32 Å². The van der Waals surface area contributed by atoms with Crippen molar-refractivity contribution in [3.05, 3.63) is 27.7 Å². The van der Waals surface area contributed by atoms with Crippen LogP contribution in [0.5, 0.6) is 5.75 Å². The van der Waals surface area contributed by atoms with Gasteiger partial charge in [0.2, 0.25) is 0 Å². The molecule has 0 radical (unpaired) electrons. The summed E-state index contributed by atoms with van der Waals surface area (Å²) in [5.74, 6) is 0.602. The molecular formula is C11H16Cl2N2O. The molecule has 1 aromatic carbocycles. The van der Waals surface area contributed by atoms with Crippen LogP contribution in [0.3, 0.4) is 0 Å². The summed E-state index contributed by atoms with van der Waals surface area (Å²) in [5, 5.41) is 4.24. The Hall–Kier alpha value is -0.480. The van der Waals surface area contributed by atoms with Gasteiger partial charge in [-0.3, -0.25) is 0 Å². The fraction of sp³-hybridized carbons (Fsp3) is 0.455. The van der Waals surface area contributed by atoms with Gasteiger partial charge in [0.05, 0.1) is 12.1 Å². The van der Waals surface area contributed by atoms with Gasteiger partial charge in [-0.1, -0.05) is 29.3 Å². The fourth-order valence-electron chi connectivity index (χ4n) is 1.37. The second kappa shape index (κ2) is 6.97. The first-order valence-corrected chi connectivity index (χ1v) is 5.88.